The topological polar surface area (TPSA) is 80.3 Å². The Hall–Kier alpha value is -2.41. The summed E-state index contributed by atoms with van der Waals surface area (Å²) in [5, 5.41) is 8.78. The van der Waals surface area contributed by atoms with Crippen molar-refractivity contribution in [1.29, 1.82) is 0 Å². The summed E-state index contributed by atoms with van der Waals surface area (Å²) in [6, 6.07) is 8.39. The normalized spacial score (nSPS) is 18.9. The van der Waals surface area contributed by atoms with Gasteiger partial charge >= 0.3 is 0 Å². The number of nitrogens with one attached hydrogen (secondary N) is 2. The van der Waals surface area contributed by atoms with Gasteiger partial charge in [0.15, 0.2) is 0 Å². The number of amides is 2. The maximum atomic E-state index is 12.6. The van der Waals surface area contributed by atoms with Crippen molar-refractivity contribution in [3.63, 3.8) is 0 Å². The second-order valence-electron chi connectivity index (χ2n) is 9.88. The minimum atomic E-state index is -0.380. The van der Waals surface area contributed by atoms with Crippen LogP contribution in [0.4, 0.5) is 0 Å². The molecule has 32 heavy (non-hydrogen) atoms. The molecule has 1 heterocycles. The third kappa shape index (κ3) is 6.79. The highest BCUT2D eigenvalue weighted by Crippen LogP contribution is 2.23. The maximum absolute atomic E-state index is 12.6. The Bertz CT molecular complexity index is 907. The molecule has 2 aromatic rings. The Balaban J connectivity index is 1.43. The molecule has 0 unspecified atom stereocenters. The van der Waals surface area contributed by atoms with Gasteiger partial charge in [-0.3, -0.25) is 9.59 Å². The fourth-order valence-corrected chi connectivity index (χ4v) is 4.30. The summed E-state index contributed by atoms with van der Waals surface area (Å²) in [6.45, 7) is 10.4. The summed E-state index contributed by atoms with van der Waals surface area (Å²) in [5.74, 6) is 1.22. The zero-order valence-electron chi connectivity index (χ0n) is 19.7. The van der Waals surface area contributed by atoms with E-state index in [1.165, 1.54) is 16.9 Å². The van der Waals surface area contributed by atoms with E-state index in [0.717, 1.165) is 36.4 Å². The van der Waals surface area contributed by atoms with Gasteiger partial charge in [0.05, 0.1) is 0 Å². The number of rotatable bonds is 7. The molecule has 1 saturated carbocycles. The van der Waals surface area contributed by atoms with Gasteiger partial charge in [0, 0.05) is 22.9 Å². The first-order chi connectivity index (χ1) is 15.1. The monoisotopic (exact) mass is 457 g/mol. The van der Waals surface area contributed by atoms with Crippen molar-refractivity contribution < 1.29 is 14.3 Å². The van der Waals surface area contributed by atoms with E-state index in [-0.39, 0.29) is 29.3 Å². The van der Waals surface area contributed by atoms with Crippen molar-refractivity contribution in [1.82, 2.24) is 15.6 Å². The number of hydrogen-bond acceptors (Lipinski definition) is 5. The Labute approximate surface area is 195 Å². The van der Waals surface area contributed by atoms with Crippen molar-refractivity contribution in [2.75, 3.05) is 0 Å². The molecular formula is C25H35N3O3S. The van der Waals surface area contributed by atoms with E-state index in [4.69, 9.17) is 4.74 Å². The molecule has 1 aromatic heterocycles. The SMILES string of the molecule is CC(C)c1ccc(OCc2nc(C(=O)NC3CCC(NC(=O)C(C)(C)C)CC3)cs2)cc1. The first-order valence-corrected chi connectivity index (χ1v) is 12.3. The smallest absolute Gasteiger partial charge is 0.270 e. The standard InChI is InChI=1S/C25H35N3O3S/c1-16(2)17-6-12-20(13-7-17)31-14-22-28-21(15-32-22)23(29)26-18-8-10-19(11-9-18)27-24(30)25(3,4)5/h6-7,12-13,15-16,18-19H,8-11,14H2,1-5H3,(H,26,29)(H,27,30). The molecule has 1 fully saturated rings. The molecular weight excluding hydrogens is 422 g/mol. The van der Waals surface area contributed by atoms with Crippen LogP contribution in [0.25, 0.3) is 0 Å². The van der Waals surface area contributed by atoms with Gasteiger partial charge in [-0.2, -0.15) is 0 Å². The lowest BCUT2D eigenvalue weighted by atomic mass is 9.89. The van der Waals surface area contributed by atoms with Crippen LogP contribution >= 0.6 is 11.3 Å². The molecule has 0 atom stereocenters. The van der Waals surface area contributed by atoms with E-state index in [2.05, 4.69) is 41.6 Å². The number of aromatic nitrogens is 1. The molecule has 0 bridgehead atoms. The molecule has 7 heteroatoms. The van der Waals surface area contributed by atoms with Crippen molar-refractivity contribution in [2.24, 2.45) is 5.41 Å². The summed E-state index contributed by atoms with van der Waals surface area (Å²) in [4.78, 5) is 29.2. The summed E-state index contributed by atoms with van der Waals surface area (Å²) < 4.78 is 5.82. The Morgan fingerprint density at radius 3 is 2.22 bits per heavy atom. The lowest BCUT2D eigenvalue weighted by Gasteiger charge is -2.31. The number of carbonyl (C=O) groups is 2. The molecule has 6 nitrogen and oxygen atoms in total. The summed E-state index contributed by atoms with van der Waals surface area (Å²) >= 11 is 1.43. The Morgan fingerprint density at radius 2 is 1.66 bits per heavy atom. The molecule has 0 saturated heterocycles. The fraction of sp³-hybridized carbons (Fsp3) is 0.560. The molecule has 0 aliphatic heterocycles. The van der Waals surface area contributed by atoms with E-state index < -0.39 is 0 Å². The number of nitrogens with zero attached hydrogens (tertiary/aromatic N) is 1. The highest BCUT2D eigenvalue weighted by Gasteiger charge is 2.28. The van der Waals surface area contributed by atoms with Crippen LogP contribution in [0.3, 0.4) is 0 Å². The molecule has 1 aliphatic carbocycles. The number of thiazole rings is 1. The quantitative estimate of drug-likeness (QED) is 0.610. The van der Waals surface area contributed by atoms with Gasteiger partial charge in [-0.05, 0) is 49.3 Å². The van der Waals surface area contributed by atoms with Gasteiger partial charge in [0.2, 0.25) is 5.91 Å². The van der Waals surface area contributed by atoms with Crippen molar-refractivity contribution in [2.45, 2.75) is 84.9 Å². The average Bonchev–Trinajstić information content (AvgIpc) is 3.22. The third-order valence-electron chi connectivity index (χ3n) is 5.77. The summed E-state index contributed by atoms with van der Waals surface area (Å²) in [5.41, 5.74) is 1.33. The number of carbonyl (C=O) groups excluding carboxylic acids is 2. The lowest BCUT2D eigenvalue weighted by molar-refractivity contribution is -0.129. The van der Waals surface area contributed by atoms with Crippen LogP contribution in [0.5, 0.6) is 5.75 Å². The molecule has 3 rings (SSSR count). The Kier molecular flexibility index (Phi) is 7.93. The first kappa shape index (κ1) is 24.2. The number of ether oxygens (including phenoxy) is 1. The zero-order valence-corrected chi connectivity index (χ0v) is 20.6. The van der Waals surface area contributed by atoms with Crippen LogP contribution in [0.1, 0.15) is 87.3 Å². The van der Waals surface area contributed by atoms with Crippen LogP contribution < -0.4 is 15.4 Å². The molecule has 2 amide bonds. The van der Waals surface area contributed by atoms with E-state index in [1.807, 2.05) is 32.9 Å². The van der Waals surface area contributed by atoms with Crippen LogP contribution in [0, 0.1) is 5.41 Å². The molecule has 2 N–H and O–H groups in total. The minimum absolute atomic E-state index is 0.0815. The van der Waals surface area contributed by atoms with E-state index in [1.54, 1.807) is 5.38 Å². The van der Waals surface area contributed by atoms with Crippen molar-refractivity contribution >= 4 is 23.2 Å². The molecule has 1 aromatic carbocycles. The van der Waals surface area contributed by atoms with Crippen LogP contribution in [-0.4, -0.2) is 28.9 Å². The maximum Gasteiger partial charge on any atom is 0.270 e. The largest absolute Gasteiger partial charge is 0.486 e. The second-order valence-corrected chi connectivity index (χ2v) is 10.8. The molecule has 0 radical (unpaired) electrons. The van der Waals surface area contributed by atoms with Crippen LogP contribution in [-0.2, 0) is 11.4 Å². The minimum Gasteiger partial charge on any atom is -0.486 e. The van der Waals surface area contributed by atoms with E-state index in [9.17, 15) is 9.59 Å². The fourth-order valence-electron chi connectivity index (χ4n) is 3.62. The Morgan fingerprint density at radius 1 is 1.06 bits per heavy atom. The number of hydrogen-bond donors (Lipinski definition) is 2. The van der Waals surface area contributed by atoms with Crippen LogP contribution in [0.15, 0.2) is 29.6 Å². The second kappa shape index (κ2) is 10.5. The van der Waals surface area contributed by atoms with Gasteiger partial charge in [-0.1, -0.05) is 46.8 Å². The summed E-state index contributed by atoms with van der Waals surface area (Å²) in [6.07, 6.45) is 3.46. The highest BCUT2D eigenvalue weighted by atomic mass is 32.1. The first-order valence-electron chi connectivity index (χ1n) is 11.4. The zero-order chi connectivity index (χ0) is 23.3. The van der Waals surface area contributed by atoms with Gasteiger partial charge in [-0.15, -0.1) is 11.3 Å². The van der Waals surface area contributed by atoms with Crippen LogP contribution in [0.2, 0.25) is 0 Å². The van der Waals surface area contributed by atoms with E-state index in [0.29, 0.717) is 18.2 Å². The molecule has 174 valence electrons. The summed E-state index contributed by atoms with van der Waals surface area (Å²) in [7, 11) is 0. The van der Waals surface area contributed by atoms with Crippen molar-refractivity contribution in [3.05, 3.63) is 45.9 Å². The van der Waals surface area contributed by atoms with Gasteiger partial charge < -0.3 is 15.4 Å². The predicted molar refractivity (Wildman–Crippen MR) is 128 cm³/mol. The lowest BCUT2D eigenvalue weighted by Crippen LogP contribution is -2.46. The van der Waals surface area contributed by atoms with Gasteiger partial charge in [0.25, 0.3) is 5.91 Å². The third-order valence-corrected chi connectivity index (χ3v) is 6.59. The van der Waals surface area contributed by atoms with Gasteiger partial charge in [-0.25, -0.2) is 4.98 Å². The molecule has 0 spiro atoms. The van der Waals surface area contributed by atoms with Crippen molar-refractivity contribution in [3.8, 4) is 5.75 Å². The van der Waals surface area contributed by atoms with Gasteiger partial charge in [0.1, 0.15) is 23.1 Å². The highest BCUT2D eigenvalue weighted by molar-refractivity contribution is 7.09. The molecule has 1 aliphatic rings. The number of benzene rings is 1. The van der Waals surface area contributed by atoms with E-state index >= 15 is 0 Å². The average molecular weight is 458 g/mol. The predicted octanol–water partition coefficient (Wildman–Crippen LogP) is 5.05.